The molecule has 1 aromatic carbocycles. The topological polar surface area (TPSA) is 62.2 Å². The number of aromatic nitrogens is 1. The van der Waals surface area contributed by atoms with Crippen LogP contribution in [0, 0.1) is 5.82 Å². The number of hydrogen-bond donors (Lipinski definition) is 2. The Morgan fingerprint density at radius 3 is 2.53 bits per heavy atom. The molecule has 0 radical (unpaired) electrons. The van der Waals surface area contributed by atoms with Gasteiger partial charge >= 0.3 is 5.97 Å². The zero-order chi connectivity index (χ0) is 14.0. The minimum atomic E-state index is -1.11. The summed E-state index contributed by atoms with van der Waals surface area (Å²) >= 11 is 11.3. The van der Waals surface area contributed by atoms with Crippen LogP contribution >= 0.6 is 23.2 Å². The van der Waals surface area contributed by atoms with Crippen molar-refractivity contribution in [2.75, 3.05) is 5.32 Å². The number of carboxylic acids is 1. The van der Waals surface area contributed by atoms with E-state index < -0.39 is 11.8 Å². The highest BCUT2D eigenvalue weighted by Crippen LogP contribution is 2.29. The Bertz CT molecular complexity index is 626. The number of halogens is 3. The van der Waals surface area contributed by atoms with Gasteiger partial charge in [0, 0.05) is 11.9 Å². The largest absolute Gasteiger partial charge is 0.478 e. The quantitative estimate of drug-likeness (QED) is 0.842. The standard InChI is InChI=1S/C12H7Cl2FN2O2/c13-8-3-6(4-9(14)11(8)15)17-10-5-16-2-1-7(10)12(18)19/h1-5,17H,(H,18,19). The third-order valence-corrected chi connectivity index (χ3v) is 2.86. The molecule has 0 saturated carbocycles. The van der Waals surface area contributed by atoms with Crippen molar-refractivity contribution in [2.24, 2.45) is 0 Å². The highest BCUT2D eigenvalue weighted by molar-refractivity contribution is 6.35. The van der Waals surface area contributed by atoms with Crippen LogP contribution in [0.15, 0.2) is 30.6 Å². The summed E-state index contributed by atoms with van der Waals surface area (Å²) in [6, 6.07) is 3.96. The maximum absolute atomic E-state index is 13.3. The van der Waals surface area contributed by atoms with Crippen LogP contribution in [0.3, 0.4) is 0 Å². The highest BCUT2D eigenvalue weighted by atomic mass is 35.5. The van der Waals surface area contributed by atoms with Crippen molar-refractivity contribution in [3.05, 3.63) is 52.0 Å². The number of carboxylic acid groups (broad SMARTS) is 1. The van der Waals surface area contributed by atoms with Gasteiger partial charge in [0.05, 0.1) is 27.5 Å². The van der Waals surface area contributed by atoms with Crippen molar-refractivity contribution < 1.29 is 14.3 Å². The molecular weight excluding hydrogens is 294 g/mol. The molecule has 19 heavy (non-hydrogen) atoms. The number of rotatable bonds is 3. The van der Waals surface area contributed by atoms with E-state index in [-0.39, 0.29) is 21.3 Å². The molecule has 7 heteroatoms. The van der Waals surface area contributed by atoms with Crippen LogP contribution in [0.1, 0.15) is 10.4 Å². The van der Waals surface area contributed by atoms with Gasteiger partial charge in [0.2, 0.25) is 0 Å². The molecule has 98 valence electrons. The first kappa shape index (κ1) is 13.6. The summed E-state index contributed by atoms with van der Waals surface area (Å²) in [5.74, 6) is -1.83. The number of pyridine rings is 1. The summed E-state index contributed by atoms with van der Waals surface area (Å²) in [5.41, 5.74) is 0.659. The Hall–Kier alpha value is -1.85. The fraction of sp³-hybridized carbons (Fsp3) is 0. The number of hydrogen-bond acceptors (Lipinski definition) is 3. The average molecular weight is 301 g/mol. The van der Waals surface area contributed by atoms with Gasteiger partial charge in [0.15, 0.2) is 5.82 Å². The molecule has 0 amide bonds. The van der Waals surface area contributed by atoms with Crippen molar-refractivity contribution in [2.45, 2.75) is 0 Å². The van der Waals surface area contributed by atoms with Gasteiger partial charge in [-0.15, -0.1) is 0 Å². The molecule has 0 spiro atoms. The highest BCUT2D eigenvalue weighted by Gasteiger charge is 2.12. The van der Waals surface area contributed by atoms with E-state index in [1.807, 2.05) is 0 Å². The maximum atomic E-state index is 13.3. The first-order valence-electron chi connectivity index (χ1n) is 5.08. The third kappa shape index (κ3) is 2.94. The maximum Gasteiger partial charge on any atom is 0.337 e. The van der Waals surface area contributed by atoms with E-state index >= 15 is 0 Å². The number of anilines is 2. The molecule has 0 aliphatic heterocycles. The van der Waals surface area contributed by atoms with Gasteiger partial charge in [-0.25, -0.2) is 9.18 Å². The van der Waals surface area contributed by atoms with Gasteiger partial charge in [-0.1, -0.05) is 23.2 Å². The van der Waals surface area contributed by atoms with Gasteiger partial charge in [0.25, 0.3) is 0 Å². The average Bonchev–Trinajstić information content (AvgIpc) is 2.36. The minimum Gasteiger partial charge on any atom is -0.478 e. The van der Waals surface area contributed by atoms with Crippen molar-refractivity contribution in [3.63, 3.8) is 0 Å². The molecule has 1 aromatic heterocycles. The van der Waals surface area contributed by atoms with Gasteiger partial charge < -0.3 is 10.4 Å². The van der Waals surface area contributed by atoms with Crippen molar-refractivity contribution in [1.82, 2.24) is 4.98 Å². The summed E-state index contributed by atoms with van der Waals surface area (Å²) in [6.45, 7) is 0. The Kier molecular flexibility index (Phi) is 3.87. The van der Waals surface area contributed by atoms with E-state index in [2.05, 4.69) is 10.3 Å². The normalized spacial score (nSPS) is 10.3. The summed E-state index contributed by atoms with van der Waals surface area (Å²) in [5, 5.41) is 11.5. The molecular formula is C12H7Cl2FN2O2. The molecule has 2 aromatic rings. The van der Waals surface area contributed by atoms with Crippen LogP contribution in [-0.2, 0) is 0 Å². The van der Waals surface area contributed by atoms with Crippen LogP contribution < -0.4 is 5.32 Å². The Balaban J connectivity index is 2.39. The van der Waals surface area contributed by atoms with E-state index in [0.717, 1.165) is 0 Å². The van der Waals surface area contributed by atoms with Gasteiger partial charge in [-0.2, -0.15) is 0 Å². The second kappa shape index (κ2) is 5.42. The van der Waals surface area contributed by atoms with Gasteiger partial charge in [0.1, 0.15) is 0 Å². The Morgan fingerprint density at radius 2 is 1.95 bits per heavy atom. The SMILES string of the molecule is O=C(O)c1ccncc1Nc1cc(Cl)c(F)c(Cl)c1. The zero-order valence-electron chi connectivity index (χ0n) is 9.32. The summed E-state index contributed by atoms with van der Waals surface area (Å²) in [4.78, 5) is 14.8. The van der Waals surface area contributed by atoms with Gasteiger partial charge in [-0.05, 0) is 18.2 Å². The molecule has 1 heterocycles. The lowest BCUT2D eigenvalue weighted by atomic mass is 10.2. The van der Waals surface area contributed by atoms with Crippen LogP contribution in [0.4, 0.5) is 15.8 Å². The summed E-state index contributed by atoms with van der Waals surface area (Å²) in [7, 11) is 0. The number of carbonyl (C=O) groups is 1. The van der Waals surface area contributed by atoms with E-state index in [1.165, 1.54) is 30.6 Å². The van der Waals surface area contributed by atoms with Crippen molar-refractivity contribution in [3.8, 4) is 0 Å². The number of nitrogens with one attached hydrogen (secondary N) is 1. The van der Waals surface area contributed by atoms with Crippen LogP contribution in [0.2, 0.25) is 10.0 Å². The fourth-order valence-electron chi connectivity index (χ4n) is 1.46. The molecule has 0 saturated heterocycles. The lowest BCUT2D eigenvalue weighted by Crippen LogP contribution is -2.03. The smallest absolute Gasteiger partial charge is 0.337 e. The third-order valence-electron chi connectivity index (χ3n) is 2.31. The molecule has 0 aliphatic rings. The predicted octanol–water partition coefficient (Wildman–Crippen LogP) is 3.97. The lowest BCUT2D eigenvalue weighted by Gasteiger charge is -2.10. The van der Waals surface area contributed by atoms with E-state index in [9.17, 15) is 9.18 Å². The molecule has 0 atom stereocenters. The first-order valence-corrected chi connectivity index (χ1v) is 5.83. The Labute approximate surface area is 117 Å². The zero-order valence-corrected chi connectivity index (χ0v) is 10.8. The van der Waals surface area contributed by atoms with Crippen molar-refractivity contribution >= 4 is 40.5 Å². The van der Waals surface area contributed by atoms with Crippen LogP contribution in [0.25, 0.3) is 0 Å². The molecule has 0 fully saturated rings. The number of aromatic carboxylic acids is 1. The minimum absolute atomic E-state index is 0.0339. The first-order chi connectivity index (χ1) is 8.99. The summed E-state index contributed by atoms with van der Waals surface area (Å²) in [6.07, 6.45) is 2.70. The molecule has 4 nitrogen and oxygen atoms in total. The number of nitrogens with zero attached hydrogens (tertiary/aromatic N) is 1. The van der Waals surface area contributed by atoms with E-state index in [4.69, 9.17) is 28.3 Å². The van der Waals surface area contributed by atoms with Crippen molar-refractivity contribution in [1.29, 1.82) is 0 Å². The van der Waals surface area contributed by atoms with Gasteiger partial charge in [-0.3, -0.25) is 4.98 Å². The second-order valence-electron chi connectivity index (χ2n) is 3.61. The van der Waals surface area contributed by atoms with E-state index in [1.54, 1.807) is 0 Å². The second-order valence-corrected chi connectivity index (χ2v) is 4.42. The molecule has 2 N–H and O–H groups in total. The van der Waals surface area contributed by atoms with E-state index in [0.29, 0.717) is 5.69 Å². The molecule has 0 unspecified atom stereocenters. The molecule has 2 rings (SSSR count). The van der Waals surface area contributed by atoms with Crippen LogP contribution in [0.5, 0.6) is 0 Å². The predicted molar refractivity (Wildman–Crippen MR) is 70.9 cm³/mol. The summed E-state index contributed by atoms with van der Waals surface area (Å²) < 4.78 is 13.3. The fourth-order valence-corrected chi connectivity index (χ4v) is 1.95. The monoisotopic (exact) mass is 300 g/mol. The molecule has 0 aliphatic carbocycles. The Morgan fingerprint density at radius 1 is 1.32 bits per heavy atom. The molecule has 0 bridgehead atoms. The van der Waals surface area contributed by atoms with Crippen LogP contribution in [-0.4, -0.2) is 16.1 Å². The lowest BCUT2D eigenvalue weighted by molar-refractivity contribution is 0.0698. The number of benzene rings is 1.